The van der Waals surface area contributed by atoms with Crippen molar-refractivity contribution in [3.8, 4) is 11.1 Å². The van der Waals surface area contributed by atoms with E-state index in [9.17, 15) is 9.59 Å². The monoisotopic (exact) mass is 269 g/mol. The van der Waals surface area contributed by atoms with Gasteiger partial charge in [0.2, 0.25) is 0 Å². The number of hydrogen-bond acceptors (Lipinski definition) is 3. The predicted octanol–water partition coefficient (Wildman–Crippen LogP) is 2.26. The first-order valence-electron chi connectivity index (χ1n) is 6.21. The molecule has 0 spiro atoms. The molecule has 0 atom stereocenters. The maximum atomic E-state index is 11.9. The smallest absolute Gasteiger partial charge is 0.325 e. The van der Waals surface area contributed by atoms with E-state index in [0.29, 0.717) is 5.56 Å². The molecule has 0 aliphatic rings. The van der Waals surface area contributed by atoms with Crippen LogP contribution in [0.25, 0.3) is 11.1 Å². The van der Waals surface area contributed by atoms with Crippen LogP contribution in [0.4, 0.5) is 0 Å². The van der Waals surface area contributed by atoms with Gasteiger partial charge in [0.25, 0.3) is 5.91 Å². The topological polar surface area (TPSA) is 55.4 Å². The number of esters is 1. The molecule has 2 rings (SSSR count). The fourth-order valence-corrected chi connectivity index (χ4v) is 1.80. The fraction of sp³-hybridized carbons (Fsp3) is 0.125. The van der Waals surface area contributed by atoms with Crippen molar-refractivity contribution >= 4 is 11.9 Å². The Hall–Kier alpha value is -2.62. The van der Waals surface area contributed by atoms with Gasteiger partial charge in [-0.05, 0) is 23.3 Å². The lowest BCUT2D eigenvalue weighted by Gasteiger charge is -2.06. The minimum atomic E-state index is -0.474. The molecule has 2 aromatic carbocycles. The number of ether oxygens (including phenoxy) is 1. The summed E-state index contributed by atoms with van der Waals surface area (Å²) in [6.45, 7) is -0.134. The van der Waals surface area contributed by atoms with E-state index in [1.165, 1.54) is 7.11 Å². The summed E-state index contributed by atoms with van der Waals surface area (Å²) in [5.41, 5.74) is 2.50. The predicted molar refractivity (Wildman–Crippen MR) is 76.2 cm³/mol. The molecule has 0 fully saturated rings. The first-order valence-corrected chi connectivity index (χ1v) is 6.21. The molecule has 0 saturated heterocycles. The number of rotatable bonds is 4. The molecule has 102 valence electrons. The van der Waals surface area contributed by atoms with Gasteiger partial charge in [-0.15, -0.1) is 0 Å². The van der Waals surface area contributed by atoms with Crippen molar-refractivity contribution in [2.45, 2.75) is 0 Å². The lowest BCUT2D eigenvalue weighted by atomic mass is 10.0. The molecule has 0 aliphatic carbocycles. The number of amides is 1. The summed E-state index contributed by atoms with van der Waals surface area (Å²) < 4.78 is 4.48. The third-order valence-electron chi connectivity index (χ3n) is 2.85. The summed E-state index contributed by atoms with van der Waals surface area (Å²) in [7, 11) is 1.28. The summed E-state index contributed by atoms with van der Waals surface area (Å²) in [5.74, 6) is -0.772. The van der Waals surface area contributed by atoms with Crippen LogP contribution in [0, 0.1) is 0 Å². The van der Waals surface area contributed by atoms with Crippen molar-refractivity contribution in [3.63, 3.8) is 0 Å². The second-order valence-corrected chi connectivity index (χ2v) is 4.21. The molecule has 0 radical (unpaired) electrons. The maximum Gasteiger partial charge on any atom is 0.325 e. The van der Waals surface area contributed by atoms with Crippen LogP contribution in [-0.4, -0.2) is 25.5 Å². The Morgan fingerprint density at radius 1 is 1.00 bits per heavy atom. The van der Waals surface area contributed by atoms with Gasteiger partial charge >= 0.3 is 5.97 Å². The van der Waals surface area contributed by atoms with E-state index < -0.39 is 5.97 Å². The Bertz CT molecular complexity index is 608. The Balaban J connectivity index is 2.14. The number of benzene rings is 2. The lowest BCUT2D eigenvalue weighted by molar-refractivity contribution is -0.139. The normalized spacial score (nSPS) is 9.85. The van der Waals surface area contributed by atoms with Gasteiger partial charge in [-0.1, -0.05) is 42.5 Å². The van der Waals surface area contributed by atoms with Gasteiger partial charge in [0.05, 0.1) is 7.11 Å². The summed E-state index contributed by atoms with van der Waals surface area (Å²) in [4.78, 5) is 22.9. The molecule has 0 aromatic heterocycles. The van der Waals surface area contributed by atoms with Gasteiger partial charge in [-0.2, -0.15) is 0 Å². The average Bonchev–Trinajstić information content (AvgIpc) is 2.53. The van der Waals surface area contributed by atoms with Crippen molar-refractivity contribution in [1.82, 2.24) is 5.32 Å². The van der Waals surface area contributed by atoms with Crippen LogP contribution in [0.3, 0.4) is 0 Å². The summed E-state index contributed by atoms with van der Waals surface area (Å²) in [6, 6.07) is 17.0. The molecule has 0 heterocycles. The minimum Gasteiger partial charge on any atom is -0.468 e. The molecule has 0 saturated carbocycles. The summed E-state index contributed by atoms with van der Waals surface area (Å²) >= 11 is 0. The van der Waals surface area contributed by atoms with Gasteiger partial charge < -0.3 is 10.1 Å². The van der Waals surface area contributed by atoms with Gasteiger partial charge in [0.15, 0.2) is 0 Å². The van der Waals surface area contributed by atoms with E-state index in [1.807, 2.05) is 42.5 Å². The Morgan fingerprint density at radius 3 is 2.40 bits per heavy atom. The molecule has 1 amide bonds. The summed E-state index contributed by atoms with van der Waals surface area (Å²) in [6.07, 6.45) is 0. The molecule has 1 N–H and O–H groups in total. The van der Waals surface area contributed by atoms with E-state index in [-0.39, 0.29) is 12.5 Å². The molecule has 2 aromatic rings. The van der Waals surface area contributed by atoms with E-state index in [0.717, 1.165) is 11.1 Å². The maximum absolute atomic E-state index is 11.9. The van der Waals surface area contributed by atoms with E-state index in [2.05, 4.69) is 10.1 Å². The second kappa shape index (κ2) is 6.52. The lowest BCUT2D eigenvalue weighted by Crippen LogP contribution is -2.30. The van der Waals surface area contributed by atoms with Gasteiger partial charge in [-0.25, -0.2) is 0 Å². The van der Waals surface area contributed by atoms with E-state index >= 15 is 0 Å². The first kappa shape index (κ1) is 13.8. The van der Waals surface area contributed by atoms with Crippen molar-refractivity contribution in [1.29, 1.82) is 0 Å². The van der Waals surface area contributed by atoms with Crippen LogP contribution in [0.15, 0.2) is 54.6 Å². The number of carbonyl (C=O) groups is 2. The molecule has 0 bridgehead atoms. The summed E-state index contributed by atoms with van der Waals surface area (Å²) in [5, 5.41) is 2.51. The zero-order chi connectivity index (χ0) is 14.4. The number of carbonyl (C=O) groups excluding carboxylic acids is 2. The minimum absolute atomic E-state index is 0.134. The van der Waals surface area contributed by atoms with Crippen LogP contribution in [-0.2, 0) is 9.53 Å². The molecule has 0 aliphatic heterocycles. The van der Waals surface area contributed by atoms with E-state index in [4.69, 9.17) is 0 Å². The van der Waals surface area contributed by atoms with Gasteiger partial charge in [0, 0.05) is 5.56 Å². The third-order valence-corrected chi connectivity index (χ3v) is 2.85. The zero-order valence-electron chi connectivity index (χ0n) is 11.1. The highest BCUT2D eigenvalue weighted by Gasteiger charge is 2.08. The average molecular weight is 269 g/mol. The van der Waals surface area contributed by atoms with Crippen molar-refractivity contribution in [2.24, 2.45) is 0 Å². The molecule has 20 heavy (non-hydrogen) atoms. The molecular formula is C16H15NO3. The highest BCUT2D eigenvalue weighted by molar-refractivity contribution is 5.97. The number of nitrogens with one attached hydrogen (secondary N) is 1. The zero-order valence-corrected chi connectivity index (χ0v) is 11.1. The van der Waals surface area contributed by atoms with Crippen molar-refractivity contribution < 1.29 is 14.3 Å². The third kappa shape index (κ3) is 3.45. The van der Waals surface area contributed by atoms with Gasteiger partial charge in [-0.3, -0.25) is 9.59 Å². The molecule has 4 heteroatoms. The van der Waals surface area contributed by atoms with Crippen LogP contribution in [0.1, 0.15) is 10.4 Å². The van der Waals surface area contributed by atoms with Crippen molar-refractivity contribution in [3.05, 3.63) is 60.2 Å². The Morgan fingerprint density at radius 2 is 1.70 bits per heavy atom. The van der Waals surface area contributed by atoms with Crippen LogP contribution in [0.5, 0.6) is 0 Å². The molecule has 4 nitrogen and oxygen atoms in total. The number of hydrogen-bond donors (Lipinski definition) is 1. The van der Waals surface area contributed by atoms with E-state index in [1.54, 1.807) is 12.1 Å². The Kier molecular flexibility index (Phi) is 4.50. The fourth-order valence-electron chi connectivity index (χ4n) is 1.80. The van der Waals surface area contributed by atoms with Crippen molar-refractivity contribution in [2.75, 3.05) is 13.7 Å². The SMILES string of the molecule is COC(=O)CNC(=O)c1cccc(-c2ccccc2)c1. The van der Waals surface area contributed by atoms with Gasteiger partial charge in [0.1, 0.15) is 6.54 Å². The number of methoxy groups -OCH3 is 1. The first-order chi connectivity index (χ1) is 9.70. The van der Waals surface area contributed by atoms with Crippen LogP contribution in [0.2, 0.25) is 0 Å². The van der Waals surface area contributed by atoms with Crippen LogP contribution >= 0.6 is 0 Å². The standard InChI is InChI=1S/C16H15NO3/c1-20-15(18)11-17-16(19)14-9-5-8-13(10-14)12-6-3-2-4-7-12/h2-10H,11H2,1H3,(H,17,19). The quantitative estimate of drug-likeness (QED) is 0.866. The molecular weight excluding hydrogens is 254 g/mol. The highest BCUT2D eigenvalue weighted by Crippen LogP contribution is 2.19. The highest BCUT2D eigenvalue weighted by atomic mass is 16.5. The molecule has 0 unspecified atom stereocenters. The largest absolute Gasteiger partial charge is 0.468 e. The Labute approximate surface area is 117 Å². The second-order valence-electron chi connectivity index (χ2n) is 4.21. The van der Waals surface area contributed by atoms with Crippen LogP contribution < -0.4 is 5.32 Å².